The Balaban J connectivity index is 1.77. The van der Waals surface area contributed by atoms with E-state index in [9.17, 15) is 9.59 Å². The van der Waals surface area contributed by atoms with Crippen molar-refractivity contribution in [2.24, 2.45) is 0 Å². The lowest BCUT2D eigenvalue weighted by Crippen LogP contribution is -2.29. The fourth-order valence-corrected chi connectivity index (χ4v) is 3.98. The van der Waals surface area contributed by atoms with Crippen molar-refractivity contribution < 1.29 is 14.7 Å². The van der Waals surface area contributed by atoms with Crippen LogP contribution in [0.2, 0.25) is 0 Å². The molecular weight excluding hydrogens is 366 g/mol. The second-order valence-corrected chi connectivity index (χ2v) is 7.50. The Morgan fingerprint density at radius 1 is 1.12 bits per heavy atom. The maximum atomic E-state index is 12.6. The predicted molar refractivity (Wildman–Crippen MR) is 109 cm³/mol. The number of amides is 1. The molecule has 0 aliphatic carbocycles. The molecule has 0 aromatic heterocycles. The first kappa shape index (κ1) is 18.4. The first-order valence-electron chi connectivity index (χ1n) is 8.17. The van der Waals surface area contributed by atoms with Gasteiger partial charge in [-0.25, -0.2) is 0 Å². The molecule has 1 aliphatic rings. The number of nitrogens with zero attached hydrogens (tertiary/aromatic N) is 1. The predicted octanol–water partition coefficient (Wildman–Crippen LogP) is 4.42. The Morgan fingerprint density at radius 2 is 1.85 bits per heavy atom. The summed E-state index contributed by atoms with van der Waals surface area (Å²) in [4.78, 5) is 25.2. The normalized spacial score (nSPS) is 15.7. The van der Waals surface area contributed by atoms with Crippen LogP contribution in [0, 0.1) is 0 Å². The lowest BCUT2D eigenvalue weighted by atomic mass is 10.0. The molecule has 0 unspecified atom stereocenters. The zero-order valence-corrected chi connectivity index (χ0v) is 15.6. The van der Waals surface area contributed by atoms with Gasteiger partial charge in [-0.2, -0.15) is 0 Å². The first-order valence-corrected chi connectivity index (χ1v) is 9.40. The van der Waals surface area contributed by atoms with Crippen LogP contribution in [0.1, 0.15) is 18.4 Å². The van der Waals surface area contributed by atoms with Crippen LogP contribution in [0.15, 0.2) is 59.5 Å². The van der Waals surface area contributed by atoms with E-state index in [4.69, 9.17) is 17.3 Å². The van der Waals surface area contributed by atoms with E-state index in [1.54, 1.807) is 0 Å². The molecule has 2 aromatic carbocycles. The smallest absolute Gasteiger partial charge is 0.303 e. The summed E-state index contributed by atoms with van der Waals surface area (Å²) in [6.07, 6.45) is 2.25. The number of hydrogen-bond donors (Lipinski definition) is 1. The molecule has 4 nitrogen and oxygen atoms in total. The van der Waals surface area contributed by atoms with Crippen molar-refractivity contribution in [2.75, 3.05) is 6.54 Å². The van der Waals surface area contributed by atoms with E-state index in [2.05, 4.69) is 0 Å². The molecule has 0 atom stereocenters. The van der Waals surface area contributed by atoms with Gasteiger partial charge in [0.1, 0.15) is 4.32 Å². The molecule has 0 bridgehead atoms. The summed E-state index contributed by atoms with van der Waals surface area (Å²) in [5.74, 6) is -1.03. The molecule has 26 heavy (non-hydrogen) atoms. The summed E-state index contributed by atoms with van der Waals surface area (Å²) in [5.41, 5.74) is 3.12. The summed E-state index contributed by atoms with van der Waals surface area (Å²) < 4.78 is 0.478. The minimum Gasteiger partial charge on any atom is -0.481 e. The van der Waals surface area contributed by atoms with Gasteiger partial charge in [0.25, 0.3) is 5.91 Å². The minimum atomic E-state index is -0.872. The number of benzene rings is 2. The highest BCUT2D eigenvalue weighted by atomic mass is 32.2. The van der Waals surface area contributed by atoms with Gasteiger partial charge in [0.15, 0.2) is 0 Å². The van der Waals surface area contributed by atoms with E-state index in [1.807, 2.05) is 60.7 Å². The molecule has 1 saturated heterocycles. The second-order valence-electron chi connectivity index (χ2n) is 5.82. The number of carboxylic acid groups (broad SMARTS) is 1. The summed E-state index contributed by atoms with van der Waals surface area (Å²) in [7, 11) is 0. The van der Waals surface area contributed by atoms with Crippen LogP contribution < -0.4 is 0 Å². The van der Waals surface area contributed by atoms with Crippen LogP contribution in [-0.2, 0) is 9.59 Å². The average molecular weight is 383 g/mol. The van der Waals surface area contributed by atoms with E-state index in [0.29, 0.717) is 22.2 Å². The Hall–Kier alpha value is -2.44. The van der Waals surface area contributed by atoms with E-state index in [0.717, 1.165) is 16.7 Å². The number of thiocarbonyl (C=S) groups is 1. The van der Waals surface area contributed by atoms with E-state index < -0.39 is 5.97 Å². The molecule has 2 aromatic rings. The maximum absolute atomic E-state index is 12.6. The van der Waals surface area contributed by atoms with Crippen LogP contribution in [0.4, 0.5) is 0 Å². The van der Waals surface area contributed by atoms with Gasteiger partial charge in [0.2, 0.25) is 0 Å². The molecule has 132 valence electrons. The molecule has 1 amide bonds. The number of carboxylic acids is 1. The lowest BCUT2D eigenvalue weighted by Gasteiger charge is -2.13. The summed E-state index contributed by atoms with van der Waals surface area (Å²) in [6, 6.07) is 18.0. The summed E-state index contributed by atoms with van der Waals surface area (Å²) in [6.45, 7) is 0.332. The third-order valence-electron chi connectivity index (χ3n) is 3.94. The van der Waals surface area contributed by atoms with Crippen molar-refractivity contribution >= 4 is 46.3 Å². The fourth-order valence-electron chi connectivity index (χ4n) is 2.67. The van der Waals surface area contributed by atoms with Gasteiger partial charge in [-0.1, -0.05) is 72.5 Å². The highest BCUT2D eigenvalue weighted by Crippen LogP contribution is 2.33. The van der Waals surface area contributed by atoms with Crippen LogP contribution in [-0.4, -0.2) is 32.7 Å². The van der Waals surface area contributed by atoms with Gasteiger partial charge in [0.05, 0.1) is 4.91 Å². The minimum absolute atomic E-state index is 0.0230. The molecule has 1 N–H and O–H groups in total. The van der Waals surface area contributed by atoms with Crippen LogP contribution in [0.3, 0.4) is 0 Å². The van der Waals surface area contributed by atoms with E-state index >= 15 is 0 Å². The third kappa shape index (κ3) is 4.39. The van der Waals surface area contributed by atoms with Crippen molar-refractivity contribution in [3.8, 4) is 11.1 Å². The molecule has 6 heteroatoms. The Morgan fingerprint density at radius 3 is 2.58 bits per heavy atom. The van der Waals surface area contributed by atoms with Crippen LogP contribution >= 0.6 is 24.0 Å². The monoisotopic (exact) mass is 383 g/mol. The molecular formula is C20H17NO3S2. The van der Waals surface area contributed by atoms with E-state index in [1.165, 1.54) is 16.7 Å². The number of hydrogen-bond acceptors (Lipinski definition) is 4. The topological polar surface area (TPSA) is 57.6 Å². The summed E-state index contributed by atoms with van der Waals surface area (Å²) in [5, 5.41) is 8.73. The van der Waals surface area contributed by atoms with Crippen LogP contribution in [0.25, 0.3) is 17.2 Å². The SMILES string of the molecule is O=C(O)CCCN1C(=O)C(=Cc2cccc(-c3ccccc3)c2)SC1=S. The van der Waals surface area contributed by atoms with E-state index in [-0.39, 0.29) is 12.3 Å². The van der Waals surface area contributed by atoms with Crippen molar-refractivity contribution in [2.45, 2.75) is 12.8 Å². The molecule has 3 rings (SSSR count). The number of carbonyl (C=O) groups excluding carboxylic acids is 1. The highest BCUT2D eigenvalue weighted by Gasteiger charge is 2.31. The molecule has 0 saturated carbocycles. The van der Waals surface area contributed by atoms with Crippen molar-refractivity contribution in [1.29, 1.82) is 0 Å². The van der Waals surface area contributed by atoms with Crippen molar-refractivity contribution in [3.63, 3.8) is 0 Å². The quantitative estimate of drug-likeness (QED) is 0.591. The van der Waals surface area contributed by atoms with Crippen molar-refractivity contribution in [3.05, 3.63) is 65.1 Å². The number of thioether (sulfide) groups is 1. The van der Waals surface area contributed by atoms with Crippen LogP contribution in [0.5, 0.6) is 0 Å². The fraction of sp³-hybridized carbons (Fsp3) is 0.150. The third-order valence-corrected chi connectivity index (χ3v) is 5.32. The molecule has 0 radical (unpaired) electrons. The first-order chi connectivity index (χ1) is 12.5. The van der Waals surface area contributed by atoms with Gasteiger partial charge >= 0.3 is 5.97 Å². The number of rotatable bonds is 6. The van der Waals surface area contributed by atoms with Gasteiger partial charge in [0, 0.05) is 13.0 Å². The molecule has 1 heterocycles. The van der Waals surface area contributed by atoms with Gasteiger partial charge in [-0.15, -0.1) is 0 Å². The second kappa shape index (κ2) is 8.29. The number of carbonyl (C=O) groups is 2. The Kier molecular flexibility index (Phi) is 5.85. The Bertz CT molecular complexity index is 878. The zero-order valence-electron chi connectivity index (χ0n) is 13.9. The molecule has 1 fully saturated rings. The average Bonchev–Trinajstić information content (AvgIpc) is 2.90. The molecule has 0 spiro atoms. The standard InChI is InChI=1S/C20H17NO3S2/c22-18(23)10-5-11-21-19(24)17(26-20(21)25)13-14-6-4-9-16(12-14)15-7-2-1-3-8-15/h1-4,6-9,12-13H,5,10-11H2,(H,22,23). The van der Waals surface area contributed by atoms with Gasteiger partial charge < -0.3 is 5.11 Å². The molecule has 1 aliphatic heterocycles. The maximum Gasteiger partial charge on any atom is 0.303 e. The zero-order chi connectivity index (χ0) is 18.5. The van der Waals surface area contributed by atoms with Crippen molar-refractivity contribution in [1.82, 2.24) is 4.90 Å². The highest BCUT2D eigenvalue weighted by molar-refractivity contribution is 8.26. The largest absolute Gasteiger partial charge is 0.481 e. The Labute approximate surface area is 161 Å². The number of aliphatic carboxylic acids is 1. The van der Waals surface area contributed by atoms with Gasteiger partial charge in [-0.05, 0) is 35.3 Å². The van der Waals surface area contributed by atoms with Gasteiger partial charge in [-0.3, -0.25) is 14.5 Å². The lowest BCUT2D eigenvalue weighted by molar-refractivity contribution is -0.137. The summed E-state index contributed by atoms with van der Waals surface area (Å²) >= 11 is 6.53.